The second-order valence-corrected chi connectivity index (χ2v) is 8.86. The van der Waals surface area contributed by atoms with Crippen LogP contribution in [0.25, 0.3) is 0 Å². The number of halogens is 1. The number of carbonyl (C=O) groups is 2. The van der Waals surface area contributed by atoms with Crippen molar-refractivity contribution in [2.75, 3.05) is 32.8 Å². The Morgan fingerprint density at radius 2 is 1.74 bits per heavy atom. The van der Waals surface area contributed by atoms with Crippen molar-refractivity contribution in [3.63, 3.8) is 0 Å². The molecule has 0 bridgehead atoms. The number of carbonyl (C=O) groups excluding carboxylic acids is 2. The summed E-state index contributed by atoms with van der Waals surface area (Å²) in [5.74, 6) is 1.18. The summed E-state index contributed by atoms with van der Waals surface area (Å²) in [6.07, 6.45) is 4.48. The first-order valence-corrected chi connectivity index (χ1v) is 11.5. The average Bonchev–Trinajstić information content (AvgIpc) is 3.34. The first kappa shape index (κ1) is 21.7. The molecule has 0 spiro atoms. The second-order valence-electron chi connectivity index (χ2n) is 8.45. The van der Waals surface area contributed by atoms with E-state index in [1.165, 1.54) is 0 Å². The number of likely N-dealkylation sites (tertiary alicyclic amines) is 2. The highest BCUT2D eigenvalue weighted by Crippen LogP contribution is 2.23. The van der Waals surface area contributed by atoms with Gasteiger partial charge in [0.1, 0.15) is 5.75 Å². The van der Waals surface area contributed by atoms with Crippen molar-refractivity contribution in [3.05, 3.63) is 64.7 Å². The lowest BCUT2D eigenvalue weighted by molar-refractivity contribution is -0.132. The number of benzene rings is 2. The van der Waals surface area contributed by atoms with Crippen molar-refractivity contribution < 1.29 is 14.3 Å². The van der Waals surface area contributed by atoms with Crippen LogP contribution in [0, 0.1) is 5.92 Å². The fourth-order valence-corrected chi connectivity index (χ4v) is 4.58. The van der Waals surface area contributed by atoms with Crippen LogP contribution in [0.5, 0.6) is 5.75 Å². The summed E-state index contributed by atoms with van der Waals surface area (Å²) in [7, 11) is 0. The van der Waals surface area contributed by atoms with E-state index in [1.807, 2.05) is 58.3 Å². The molecule has 6 heteroatoms. The van der Waals surface area contributed by atoms with Gasteiger partial charge in [-0.2, -0.15) is 0 Å². The Morgan fingerprint density at radius 1 is 0.968 bits per heavy atom. The van der Waals surface area contributed by atoms with Crippen LogP contribution in [0.15, 0.2) is 48.5 Å². The lowest BCUT2D eigenvalue weighted by Crippen LogP contribution is -2.42. The predicted molar refractivity (Wildman–Crippen MR) is 122 cm³/mol. The molecule has 164 valence electrons. The molecule has 5 nitrogen and oxygen atoms in total. The molecule has 2 aromatic carbocycles. The Kier molecular flexibility index (Phi) is 7.13. The molecule has 2 saturated heterocycles. The number of rotatable bonds is 6. The van der Waals surface area contributed by atoms with Crippen LogP contribution in [0.2, 0.25) is 5.02 Å². The van der Waals surface area contributed by atoms with E-state index in [0.29, 0.717) is 35.9 Å². The molecule has 2 amide bonds. The molecule has 0 unspecified atom stereocenters. The van der Waals surface area contributed by atoms with E-state index < -0.39 is 0 Å². The maximum Gasteiger partial charge on any atom is 0.253 e. The van der Waals surface area contributed by atoms with Gasteiger partial charge in [0.2, 0.25) is 5.91 Å². The molecule has 2 fully saturated rings. The van der Waals surface area contributed by atoms with Crippen molar-refractivity contribution >= 4 is 23.4 Å². The fraction of sp³-hybridized carbons (Fsp3) is 0.440. The smallest absolute Gasteiger partial charge is 0.253 e. The van der Waals surface area contributed by atoms with Gasteiger partial charge < -0.3 is 14.5 Å². The van der Waals surface area contributed by atoms with Crippen LogP contribution < -0.4 is 4.74 Å². The molecule has 0 N–H and O–H groups in total. The van der Waals surface area contributed by atoms with Crippen LogP contribution in [-0.4, -0.2) is 54.4 Å². The van der Waals surface area contributed by atoms with E-state index in [2.05, 4.69) is 0 Å². The summed E-state index contributed by atoms with van der Waals surface area (Å²) in [5, 5.41) is 0.635. The Labute approximate surface area is 188 Å². The van der Waals surface area contributed by atoms with Crippen LogP contribution >= 0.6 is 11.6 Å². The minimum absolute atomic E-state index is 0.0805. The SMILES string of the molecule is O=C(Cc1ccccc1Cl)N1CCC[C@@H](COc2cccc(C(=O)N3CCCC3)c2)C1. The minimum Gasteiger partial charge on any atom is -0.493 e. The van der Waals surface area contributed by atoms with Gasteiger partial charge in [-0.25, -0.2) is 0 Å². The first-order valence-electron chi connectivity index (χ1n) is 11.1. The Hall–Kier alpha value is -2.53. The summed E-state index contributed by atoms with van der Waals surface area (Å²) >= 11 is 6.21. The van der Waals surface area contributed by atoms with Gasteiger partial charge in [-0.15, -0.1) is 0 Å². The fourth-order valence-electron chi connectivity index (χ4n) is 4.38. The maximum absolute atomic E-state index is 12.8. The zero-order chi connectivity index (χ0) is 21.6. The molecular formula is C25H29ClN2O3. The predicted octanol–water partition coefficient (Wildman–Crippen LogP) is 4.44. The molecular weight excluding hydrogens is 412 g/mol. The van der Waals surface area contributed by atoms with Crippen molar-refractivity contribution in [2.45, 2.75) is 32.1 Å². The standard InChI is InChI=1S/C25H29ClN2O3/c26-23-11-2-1-8-20(23)16-24(29)28-14-6-7-19(17-28)18-31-22-10-5-9-21(15-22)25(30)27-12-3-4-13-27/h1-2,5,8-11,15,19H,3-4,6-7,12-14,16-18H2/t19-/m1/s1. The van der Waals surface area contributed by atoms with Gasteiger partial charge in [0, 0.05) is 42.7 Å². The Morgan fingerprint density at radius 3 is 2.55 bits per heavy atom. The Balaban J connectivity index is 1.31. The number of hydrogen-bond acceptors (Lipinski definition) is 3. The number of piperidine rings is 1. The van der Waals surface area contributed by atoms with Crippen molar-refractivity contribution in [2.24, 2.45) is 5.92 Å². The van der Waals surface area contributed by atoms with E-state index in [9.17, 15) is 9.59 Å². The molecule has 4 rings (SSSR count). The number of amides is 2. The third-order valence-electron chi connectivity index (χ3n) is 6.13. The zero-order valence-electron chi connectivity index (χ0n) is 17.8. The van der Waals surface area contributed by atoms with Crippen molar-refractivity contribution in [1.29, 1.82) is 0 Å². The topological polar surface area (TPSA) is 49.9 Å². The van der Waals surface area contributed by atoms with E-state index in [-0.39, 0.29) is 17.7 Å². The van der Waals surface area contributed by atoms with Gasteiger partial charge in [-0.05, 0) is 55.5 Å². The normalized spacial score (nSPS) is 18.8. The van der Waals surface area contributed by atoms with Gasteiger partial charge in [-0.1, -0.05) is 35.9 Å². The molecule has 0 saturated carbocycles. The third-order valence-corrected chi connectivity index (χ3v) is 6.50. The molecule has 31 heavy (non-hydrogen) atoms. The monoisotopic (exact) mass is 440 g/mol. The highest BCUT2D eigenvalue weighted by atomic mass is 35.5. The largest absolute Gasteiger partial charge is 0.493 e. The van der Waals surface area contributed by atoms with Crippen molar-refractivity contribution in [1.82, 2.24) is 9.80 Å². The molecule has 1 atom stereocenters. The van der Waals surface area contributed by atoms with Crippen molar-refractivity contribution in [3.8, 4) is 5.75 Å². The highest BCUT2D eigenvalue weighted by molar-refractivity contribution is 6.31. The molecule has 2 aliphatic heterocycles. The lowest BCUT2D eigenvalue weighted by atomic mass is 9.98. The summed E-state index contributed by atoms with van der Waals surface area (Å²) in [5.41, 5.74) is 1.55. The zero-order valence-corrected chi connectivity index (χ0v) is 18.5. The van der Waals surface area contributed by atoms with E-state index in [1.54, 1.807) is 0 Å². The van der Waals surface area contributed by atoms with Gasteiger partial charge in [-0.3, -0.25) is 9.59 Å². The number of ether oxygens (including phenoxy) is 1. The average molecular weight is 441 g/mol. The Bertz CT molecular complexity index is 926. The van der Waals surface area contributed by atoms with E-state index in [0.717, 1.165) is 50.9 Å². The highest BCUT2D eigenvalue weighted by Gasteiger charge is 2.25. The van der Waals surface area contributed by atoms with Crippen LogP contribution in [0.4, 0.5) is 0 Å². The van der Waals surface area contributed by atoms with E-state index in [4.69, 9.17) is 16.3 Å². The van der Waals surface area contributed by atoms with Crippen LogP contribution in [-0.2, 0) is 11.2 Å². The maximum atomic E-state index is 12.8. The number of hydrogen-bond donors (Lipinski definition) is 0. The summed E-state index contributed by atoms with van der Waals surface area (Å²) in [6.45, 7) is 3.68. The number of nitrogens with zero attached hydrogens (tertiary/aromatic N) is 2. The molecule has 2 aromatic rings. The van der Waals surface area contributed by atoms with Crippen LogP contribution in [0.1, 0.15) is 41.6 Å². The van der Waals surface area contributed by atoms with Gasteiger partial charge in [0.15, 0.2) is 0 Å². The molecule has 0 aliphatic carbocycles. The van der Waals surface area contributed by atoms with E-state index >= 15 is 0 Å². The minimum atomic E-state index is 0.0805. The quantitative estimate of drug-likeness (QED) is 0.667. The molecule has 0 aromatic heterocycles. The first-order chi connectivity index (χ1) is 15.1. The molecule has 0 radical (unpaired) electrons. The van der Waals surface area contributed by atoms with Gasteiger partial charge >= 0.3 is 0 Å². The molecule has 2 heterocycles. The third kappa shape index (κ3) is 5.59. The van der Waals surface area contributed by atoms with Gasteiger partial charge in [0.05, 0.1) is 13.0 Å². The summed E-state index contributed by atoms with van der Waals surface area (Å²) in [4.78, 5) is 29.2. The lowest BCUT2D eigenvalue weighted by Gasteiger charge is -2.33. The summed E-state index contributed by atoms with van der Waals surface area (Å²) in [6, 6.07) is 15.0. The second kappa shape index (κ2) is 10.2. The van der Waals surface area contributed by atoms with Gasteiger partial charge in [0.25, 0.3) is 5.91 Å². The molecule has 2 aliphatic rings. The summed E-state index contributed by atoms with van der Waals surface area (Å²) < 4.78 is 6.03. The van der Waals surface area contributed by atoms with Crippen LogP contribution in [0.3, 0.4) is 0 Å².